The van der Waals surface area contributed by atoms with Crippen molar-refractivity contribution >= 4 is 11.6 Å². The van der Waals surface area contributed by atoms with Crippen LogP contribution in [0.1, 0.15) is 32.3 Å². The summed E-state index contributed by atoms with van der Waals surface area (Å²) in [6.45, 7) is 4.97. The van der Waals surface area contributed by atoms with Gasteiger partial charge in [0.15, 0.2) is 0 Å². The largest absolute Gasteiger partial charge is 0.389 e. The average molecular weight is 266 g/mol. The van der Waals surface area contributed by atoms with Crippen molar-refractivity contribution in [2.75, 3.05) is 6.54 Å². The van der Waals surface area contributed by atoms with Crippen LogP contribution < -0.4 is 5.32 Å². The summed E-state index contributed by atoms with van der Waals surface area (Å²) in [5.41, 5.74) is -0.458. The van der Waals surface area contributed by atoms with Gasteiger partial charge in [-0.1, -0.05) is 12.1 Å². The van der Waals surface area contributed by atoms with Crippen molar-refractivity contribution in [2.24, 2.45) is 0 Å². The molecule has 0 aliphatic rings. The van der Waals surface area contributed by atoms with Crippen LogP contribution in [-0.4, -0.2) is 28.1 Å². The Bertz CT molecular complexity index is 480. The van der Waals surface area contributed by atoms with Crippen molar-refractivity contribution in [1.82, 2.24) is 5.32 Å². The standard InChI is InChI=1S/C13H18N2O4/c1-9(12(16)14-8-13(2,3)17)10-5-4-6-11(7-10)15(18)19/h4-7,9,17H,8H2,1-3H3,(H,14,16). The number of carbonyl (C=O) groups is 1. The maximum atomic E-state index is 11.9. The van der Waals surface area contributed by atoms with Gasteiger partial charge in [-0.25, -0.2) is 0 Å². The predicted octanol–water partition coefficient (Wildman–Crippen LogP) is 1.59. The number of aliphatic hydroxyl groups is 1. The molecule has 6 heteroatoms. The van der Waals surface area contributed by atoms with Crippen molar-refractivity contribution in [3.8, 4) is 0 Å². The molecule has 1 unspecified atom stereocenters. The van der Waals surface area contributed by atoms with Gasteiger partial charge in [-0.15, -0.1) is 0 Å². The molecule has 0 bridgehead atoms. The number of nitrogens with zero attached hydrogens (tertiary/aromatic N) is 1. The number of hydrogen-bond donors (Lipinski definition) is 2. The first-order valence-electron chi connectivity index (χ1n) is 5.95. The fraction of sp³-hybridized carbons (Fsp3) is 0.462. The molecular formula is C13H18N2O4. The minimum Gasteiger partial charge on any atom is -0.389 e. The molecule has 0 heterocycles. The Morgan fingerprint density at radius 1 is 1.53 bits per heavy atom. The van der Waals surface area contributed by atoms with Gasteiger partial charge in [-0.3, -0.25) is 14.9 Å². The summed E-state index contributed by atoms with van der Waals surface area (Å²) in [5, 5.41) is 22.8. The number of amides is 1. The van der Waals surface area contributed by atoms with Gasteiger partial charge in [0, 0.05) is 18.7 Å². The molecule has 2 N–H and O–H groups in total. The zero-order valence-corrected chi connectivity index (χ0v) is 11.2. The molecule has 1 atom stereocenters. The van der Waals surface area contributed by atoms with E-state index in [0.29, 0.717) is 5.56 Å². The molecule has 6 nitrogen and oxygen atoms in total. The van der Waals surface area contributed by atoms with Gasteiger partial charge in [-0.05, 0) is 26.3 Å². The summed E-state index contributed by atoms with van der Waals surface area (Å²) in [7, 11) is 0. The SMILES string of the molecule is CC(C(=O)NCC(C)(C)O)c1cccc([N+](=O)[O-])c1. The molecule has 0 spiro atoms. The summed E-state index contributed by atoms with van der Waals surface area (Å²) in [6, 6.07) is 5.98. The zero-order valence-electron chi connectivity index (χ0n) is 11.2. The van der Waals surface area contributed by atoms with E-state index in [1.54, 1.807) is 32.9 Å². The highest BCUT2D eigenvalue weighted by atomic mass is 16.6. The Labute approximate surface area is 111 Å². The van der Waals surface area contributed by atoms with Gasteiger partial charge in [0.2, 0.25) is 5.91 Å². The fourth-order valence-corrected chi connectivity index (χ4v) is 1.52. The van der Waals surface area contributed by atoms with Crippen LogP contribution in [0.15, 0.2) is 24.3 Å². The van der Waals surface area contributed by atoms with Gasteiger partial charge in [0.1, 0.15) is 0 Å². The monoisotopic (exact) mass is 266 g/mol. The lowest BCUT2D eigenvalue weighted by atomic mass is 9.99. The first-order valence-corrected chi connectivity index (χ1v) is 5.95. The van der Waals surface area contributed by atoms with Gasteiger partial charge >= 0.3 is 0 Å². The van der Waals surface area contributed by atoms with Gasteiger partial charge in [-0.2, -0.15) is 0 Å². The predicted molar refractivity (Wildman–Crippen MR) is 70.8 cm³/mol. The normalized spacial score (nSPS) is 12.8. The number of hydrogen-bond acceptors (Lipinski definition) is 4. The summed E-state index contributed by atoms with van der Waals surface area (Å²) < 4.78 is 0. The van der Waals surface area contributed by atoms with E-state index in [4.69, 9.17) is 0 Å². The molecule has 1 rings (SSSR count). The molecule has 0 aliphatic carbocycles. The highest BCUT2D eigenvalue weighted by Gasteiger charge is 2.20. The third kappa shape index (κ3) is 4.67. The van der Waals surface area contributed by atoms with Crippen LogP contribution in [0.4, 0.5) is 5.69 Å². The van der Waals surface area contributed by atoms with Crippen molar-refractivity contribution in [1.29, 1.82) is 0 Å². The minimum absolute atomic E-state index is 0.0420. The van der Waals surface area contributed by atoms with E-state index in [2.05, 4.69) is 5.32 Å². The summed E-state index contributed by atoms with van der Waals surface area (Å²) in [4.78, 5) is 22.1. The van der Waals surface area contributed by atoms with Crippen molar-refractivity contribution in [3.63, 3.8) is 0 Å². The third-order valence-corrected chi connectivity index (χ3v) is 2.67. The van der Waals surface area contributed by atoms with E-state index in [9.17, 15) is 20.0 Å². The van der Waals surface area contributed by atoms with E-state index >= 15 is 0 Å². The van der Waals surface area contributed by atoms with Gasteiger partial charge in [0.05, 0.1) is 16.4 Å². The van der Waals surface area contributed by atoms with Gasteiger partial charge in [0.25, 0.3) is 5.69 Å². The van der Waals surface area contributed by atoms with E-state index in [-0.39, 0.29) is 18.1 Å². The van der Waals surface area contributed by atoms with Crippen LogP contribution in [-0.2, 0) is 4.79 Å². The smallest absolute Gasteiger partial charge is 0.269 e. The van der Waals surface area contributed by atoms with Crippen LogP contribution in [0.5, 0.6) is 0 Å². The molecule has 0 saturated heterocycles. The molecule has 104 valence electrons. The second-order valence-electron chi connectivity index (χ2n) is 5.10. The van der Waals surface area contributed by atoms with Crippen LogP contribution in [0, 0.1) is 10.1 Å². The summed E-state index contributed by atoms with van der Waals surface area (Å²) >= 11 is 0. The Hall–Kier alpha value is -1.95. The number of nitro benzene ring substituents is 1. The Morgan fingerprint density at radius 2 is 2.16 bits per heavy atom. The van der Waals surface area contributed by atoms with E-state index in [0.717, 1.165) is 0 Å². The number of nitro groups is 1. The zero-order chi connectivity index (χ0) is 14.6. The van der Waals surface area contributed by atoms with Crippen molar-refractivity contribution in [2.45, 2.75) is 32.3 Å². The Balaban J connectivity index is 2.77. The summed E-state index contributed by atoms with van der Waals surface area (Å²) in [5.74, 6) is -0.787. The second kappa shape index (κ2) is 5.79. The highest BCUT2D eigenvalue weighted by Crippen LogP contribution is 2.20. The molecule has 0 fully saturated rings. The lowest BCUT2D eigenvalue weighted by Crippen LogP contribution is -2.39. The fourth-order valence-electron chi connectivity index (χ4n) is 1.52. The highest BCUT2D eigenvalue weighted by molar-refractivity contribution is 5.83. The quantitative estimate of drug-likeness (QED) is 0.625. The van der Waals surface area contributed by atoms with Crippen molar-refractivity contribution < 1.29 is 14.8 Å². The van der Waals surface area contributed by atoms with Crippen LogP contribution >= 0.6 is 0 Å². The van der Waals surface area contributed by atoms with Gasteiger partial charge < -0.3 is 10.4 Å². The Morgan fingerprint density at radius 3 is 2.68 bits per heavy atom. The van der Waals surface area contributed by atoms with Crippen molar-refractivity contribution in [3.05, 3.63) is 39.9 Å². The maximum absolute atomic E-state index is 11.9. The number of benzene rings is 1. The molecule has 0 saturated carbocycles. The maximum Gasteiger partial charge on any atom is 0.269 e. The number of rotatable bonds is 5. The van der Waals surface area contributed by atoms with E-state index in [1.807, 2.05) is 0 Å². The number of non-ortho nitro benzene ring substituents is 1. The lowest BCUT2D eigenvalue weighted by molar-refractivity contribution is -0.384. The number of nitrogens with one attached hydrogen (secondary N) is 1. The number of carbonyl (C=O) groups excluding carboxylic acids is 1. The molecule has 19 heavy (non-hydrogen) atoms. The molecule has 1 aromatic carbocycles. The lowest BCUT2D eigenvalue weighted by Gasteiger charge is -2.19. The van der Waals surface area contributed by atoms with Crippen LogP contribution in [0.25, 0.3) is 0 Å². The average Bonchev–Trinajstić information content (AvgIpc) is 2.34. The van der Waals surface area contributed by atoms with Crippen LogP contribution in [0.3, 0.4) is 0 Å². The van der Waals surface area contributed by atoms with Crippen LogP contribution in [0.2, 0.25) is 0 Å². The van der Waals surface area contributed by atoms with E-state index in [1.165, 1.54) is 12.1 Å². The second-order valence-corrected chi connectivity index (χ2v) is 5.10. The first-order chi connectivity index (χ1) is 8.70. The molecule has 0 aromatic heterocycles. The molecular weight excluding hydrogens is 248 g/mol. The molecule has 0 radical (unpaired) electrons. The Kier molecular flexibility index (Phi) is 4.61. The third-order valence-electron chi connectivity index (χ3n) is 2.67. The molecule has 1 amide bonds. The minimum atomic E-state index is -0.988. The topological polar surface area (TPSA) is 92.5 Å². The molecule has 1 aromatic rings. The van der Waals surface area contributed by atoms with E-state index < -0.39 is 16.4 Å². The summed E-state index contributed by atoms with van der Waals surface area (Å²) in [6.07, 6.45) is 0. The molecule has 0 aliphatic heterocycles. The first kappa shape index (κ1) is 15.1.